The molecule has 268 valence electrons. The number of nitrogens with one attached hydrogen (secondary N) is 1. The lowest BCUT2D eigenvalue weighted by Crippen LogP contribution is -2.72. The van der Waals surface area contributed by atoms with Crippen molar-refractivity contribution in [3.63, 3.8) is 0 Å². The van der Waals surface area contributed by atoms with E-state index in [1.54, 1.807) is 10.9 Å². The van der Waals surface area contributed by atoms with Crippen LogP contribution < -0.4 is 5.32 Å². The lowest BCUT2D eigenvalue weighted by atomic mass is 9.90. The van der Waals surface area contributed by atoms with Crippen LogP contribution in [0.4, 0.5) is 31.1 Å². The van der Waals surface area contributed by atoms with Gasteiger partial charge in [-0.05, 0) is 41.0 Å². The standard InChI is InChI=1S/C34H30F6N6O5/c35-23-4-1-20(2-5-23)11-45(31(18-51-19-31)34(38,39)40)28(47)14-44-29(48)32(42-30(44)49)17-33(36,37)27-9-21(3-6-26(27)32)22-10-41-46(12-22)24-7-8-43(13-24)25-15-50-16-25/h1-7,9-10,12,25H,8,11,13-19H2,(H,42,49)/t32-/m0/s1. The van der Waals surface area contributed by atoms with Gasteiger partial charge in [0.25, 0.3) is 11.8 Å². The van der Waals surface area contributed by atoms with Crippen molar-refractivity contribution in [3.8, 4) is 11.1 Å². The first-order chi connectivity index (χ1) is 24.2. The van der Waals surface area contributed by atoms with Crippen molar-refractivity contribution >= 4 is 23.5 Å². The van der Waals surface area contributed by atoms with Gasteiger partial charge in [-0.1, -0.05) is 24.3 Å². The van der Waals surface area contributed by atoms with Gasteiger partial charge in [-0.3, -0.25) is 19.4 Å². The number of fused-ring (bicyclic) bond motifs is 2. The summed E-state index contributed by atoms with van der Waals surface area (Å²) in [5.74, 6) is -6.72. The van der Waals surface area contributed by atoms with Gasteiger partial charge in [0.05, 0.1) is 50.8 Å². The third-order valence-electron chi connectivity index (χ3n) is 10.4. The Bertz CT molecular complexity index is 1960. The molecule has 4 aliphatic heterocycles. The third kappa shape index (κ3) is 5.31. The first-order valence-corrected chi connectivity index (χ1v) is 16.1. The molecule has 5 heterocycles. The van der Waals surface area contributed by atoms with E-state index in [0.717, 1.165) is 24.4 Å². The lowest BCUT2D eigenvalue weighted by Gasteiger charge is -2.50. The summed E-state index contributed by atoms with van der Waals surface area (Å²) < 4.78 is 100. The molecule has 17 heteroatoms. The van der Waals surface area contributed by atoms with Gasteiger partial charge in [0.15, 0.2) is 11.1 Å². The average Bonchev–Trinajstić information content (AvgIpc) is 3.79. The SMILES string of the molecule is O=C1N[C@]2(CC(F)(F)c3cc(-c4cnn(C5=CCN(C6COC6)C5)c4)ccc32)C(=O)N1CC(=O)N(Cc1ccc(F)cc1)C1(C(F)(F)F)COC1. The fourth-order valence-electron chi connectivity index (χ4n) is 7.30. The minimum absolute atomic E-state index is 0.144. The number of urea groups is 1. The Morgan fingerprint density at radius 3 is 2.41 bits per heavy atom. The first kappa shape index (κ1) is 33.4. The average molecular weight is 717 g/mol. The van der Waals surface area contributed by atoms with Crippen LogP contribution in [-0.2, 0) is 37.1 Å². The Hall–Kier alpha value is -4.74. The number of carbonyl (C=O) groups excluding carboxylic acids is 3. The number of amides is 4. The highest BCUT2D eigenvalue weighted by Crippen LogP contribution is 2.53. The van der Waals surface area contributed by atoms with Crippen LogP contribution in [-0.4, -0.2) is 106 Å². The van der Waals surface area contributed by atoms with E-state index in [-0.39, 0.29) is 11.1 Å². The molecule has 1 atom stereocenters. The molecule has 51 heavy (non-hydrogen) atoms. The quantitative estimate of drug-likeness (QED) is 0.279. The zero-order chi connectivity index (χ0) is 35.9. The van der Waals surface area contributed by atoms with E-state index in [0.29, 0.717) is 46.7 Å². The molecule has 0 radical (unpaired) electrons. The van der Waals surface area contributed by atoms with Crippen LogP contribution in [0.5, 0.6) is 0 Å². The van der Waals surface area contributed by atoms with Crippen LogP contribution in [0.1, 0.15) is 23.1 Å². The molecule has 11 nitrogen and oxygen atoms in total. The number of rotatable bonds is 8. The maximum Gasteiger partial charge on any atom is 0.416 e. The second kappa shape index (κ2) is 11.6. The van der Waals surface area contributed by atoms with Crippen molar-refractivity contribution in [3.05, 3.63) is 83.4 Å². The maximum absolute atomic E-state index is 15.8. The highest BCUT2D eigenvalue weighted by atomic mass is 19.4. The summed E-state index contributed by atoms with van der Waals surface area (Å²) in [6.45, 7) is -0.907. The van der Waals surface area contributed by atoms with Crippen molar-refractivity contribution in [1.29, 1.82) is 0 Å². The van der Waals surface area contributed by atoms with E-state index in [9.17, 15) is 31.9 Å². The predicted octanol–water partition coefficient (Wildman–Crippen LogP) is 3.85. The van der Waals surface area contributed by atoms with Crippen LogP contribution in [0, 0.1) is 5.82 Å². The topological polar surface area (TPSA) is 109 Å². The molecule has 1 aliphatic carbocycles. The number of hydrogen-bond donors (Lipinski definition) is 1. The summed E-state index contributed by atoms with van der Waals surface area (Å²) in [7, 11) is 0. The number of aromatic nitrogens is 2. The summed E-state index contributed by atoms with van der Waals surface area (Å²) in [4.78, 5) is 43.8. The number of alkyl halides is 5. The van der Waals surface area contributed by atoms with E-state index in [2.05, 4.69) is 15.3 Å². The Labute approximate surface area is 286 Å². The number of imide groups is 1. The van der Waals surface area contributed by atoms with Crippen molar-refractivity contribution in [2.24, 2.45) is 0 Å². The van der Waals surface area contributed by atoms with Gasteiger partial charge < -0.3 is 19.7 Å². The smallest absolute Gasteiger partial charge is 0.378 e. The zero-order valence-electron chi connectivity index (χ0n) is 26.8. The molecule has 3 fully saturated rings. The summed E-state index contributed by atoms with van der Waals surface area (Å²) in [6.07, 6.45) is -0.841. The predicted molar refractivity (Wildman–Crippen MR) is 165 cm³/mol. The molecule has 1 N–H and O–H groups in total. The van der Waals surface area contributed by atoms with Gasteiger partial charge in [0, 0.05) is 37.0 Å². The van der Waals surface area contributed by atoms with Crippen LogP contribution in [0.2, 0.25) is 0 Å². The lowest BCUT2D eigenvalue weighted by molar-refractivity contribution is -0.302. The molecule has 3 saturated heterocycles. The van der Waals surface area contributed by atoms with Crippen molar-refractivity contribution < 1.29 is 50.2 Å². The van der Waals surface area contributed by atoms with E-state index in [1.165, 1.54) is 36.5 Å². The summed E-state index contributed by atoms with van der Waals surface area (Å²) in [5.41, 5.74) is -3.74. The molecule has 0 saturated carbocycles. The minimum Gasteiger partial charge on any atom is -0.378 e. The molecular formula is C34H30F6N6O5. The first-order valence-electron chi connectivity index (χ1n) is 16.1. The number of ether oxygens (including phenoxy) is 2. The van der Waals surface area contributed by atoms with Crippen LogP contribution in [0.25, 0.3) is 16.8 Å². The fourth-order valence-corrected chi connectivity index (χ4v) is 7.30. The molecule has 0 bridgehead atoms. The Balaban J connectivity index is 1.04. The molecule has 8 rings (SSSR count). The number of carbonyl (C=O) groups is 3. The van der Waals surface area contributed by atoms with Gasteiger partial charge in [-0.25, -0.2) is 22.6 Å². The Morgan fingerprint density at radius 1 is 1.02 bits per heavy atom. The largest absolute Gasteiger partial charge is 0.416 e. The second-order valence-corrected chi connectivity index (χ2v) is 13.5. The molecule has 2 aromatic carbocycles. The molecule has 5 aliphatic rings. The second-order valence-electron chi connectivity index (χ2n) is 13.5. The van der Waals surface area contributed by atoms with E-state index < -0.39 is 85.1 Å². The number of benzene rings is 2. The highest BCUT2D eigenvalue weighted by Gasteiger charge is 2.67. The van der Waals surface area contributed by atoms with Crippen molar-refractivity contribution in [1.82, 2.24) is 29.8 Å². The zero-order valence-corrected chi connectivity index (χ0v) is 26.8. The van der Waals surface area contributed by atoms with E-state index in [1.807, 2.05) is 6.08 Å². The molecular weight excluding hydrogens is 686 g/mol. The van der Waals surface area contributed by atoms with E-state index in [4.69, 9.17) is 9.47 Å². The molecule has 1 aromatic heterocycles. The van der Waals surface area contributed by atoms with Crippen molar-refractivity contribution in [2.45, 2.75) is 42.2 Å². The number of halogens is 6. The molecule has 1 spiro atoms. The summed E-state index contributed by atoms with van der Waals surface area (Å²) >= 11 is 0. The molecule has 3 aromatic rings. The van der Waals surface area contributed by atoms with E-state index >= 15 is 8.78 Å². The fraction of sp³-hybridized carbons (Fsp3) is 0.412. The van der Waals surface area contributed by atoms with Gasteiger partial charge in [-0.2, -0.15) is 18.3 Å². The molecule has 4 amide bonds. The maximum atomic E-state index is 15.8. The summed E-state index contributed by atoms with van der Waals surface area (Å²) in [6, 6.07) is 7.61. The van der Waals surface area contributed by atoms with Gasteiger partial charge in [-0.15, -0.1) is 0 Å². The third-order valence-corrected chi connectivity index (χ3v) is 10.4. The van der Waals surface area contributed by atoms with Gasteiger partial charge in [0.2, 0.25) is 5.91 Å². The van der Waals surface area contributed by atoms with Gasteiger partial charge >= 0.3 is 12.2 Å². The Kier molecular flexibility index (Phi) is 7.63. The van der Waals surface area contributed by atoms with Crippen molar-refractivity contribution in [2.75, 3.05) is 46.1 Å². The minimum atomic E-state index is -4.97. The molecule has 0 unspecified atom stereocenters. The Morgan fingerprint density at radius 2 is 1.76 bits per heavy atom. The van der Waals surface area contributed by atoms with Crippen LogP contribution in [0.3, 0.4) is 0 Å². The summed E-state index contributed by atoms with van der Waals surface area (Å²) in [5, 5.41) is 6.74. The monoisotopic (exact) mass is 716 g/mol. The number of hydrogen-bond acceptors (Lipinski definition) is 7. The highest BCUT2D eigenvalue weighted by molar-refractivity contribution is 6.10. The normalized spacial score (nSPS) is 24.0. The van der Waals surface area contributed by atoms with Gasteiger partial charge in [0.1, 0.15) is 12.4 Å². The van der Waals surface area contributed by atoms with Crippen LogP contribution >= 0.6 is 0 Å². The number of nitrogens with zero attached hydrogens (tertiary/aromatic N) is 5. The van der Waals surface area contributed by atoms with Crippen LogP contribution in [0.15, 0.2) is 60.9 Å².